The number of aryl methyl sites for hydroxylation is 1. The van der Waals surface area contributed by atoms with Crippen molar-refractivity contribution in [2.45, 2.75) is 50.3 Å². The number of nitrogens with zero attached hydrogens (tertiary/aromatic N) is 2. The Morgan fingerprint density at radius 2 is 1.94 bits per heavy atom. The summed E-state index contributed by atoms with van der Waals surface area (Å²) < 4.78 is 13.1. The predicted molar refractivity (Wildman–Crippen MR) is 66.6 cm³/mol. The second-order valence-electron chi connectivity index (χ2n) is 5.76. The molecule has 0 aromatic carbocycles. The summed E-state index contributed by atoms with van der Waals surface area (Å²) in [7, 11) is 2.14. The molecule has 2 saturated heterocycles. The minimum absolute atomic E-state index is 0.443. The van der Waals surface area contributed by atoms with Gasteiger partial charge in [-0.15, -0.1) is 0 Å². The first kappa shape index (κ1) is 12.1. The highest BCUT2D eigenvalue weighted by molar-refractivity contribution is 5.28. The zero-order valence-electron chi connectivity index (χ0n) is 10.9. The van der Waals surface area contributed by atoms with Crippen molar-refractivity contribution in [1.29, 1.82) is 0 Å². The van der Waals surface area contributed by atoms with E-state index in [-0.39, 0.29) is 0 Å². The van der Waals surface area contributed by atoms with Gasteiger partial charge in [0.05, 0.1) is 5.60 Å². The molecule has 1 aromatic rings. The van der Waals surface area contributed by atoms with Gasteiger partial charge in [0.15, 0.2) is 0 Å². The number of aliphatic hydroxyl groups is 1. The maximum absolute atomic E-state index is 13.1. The molecule has 0 saturated carbocycles. The second kappa shape index (κ2) is 4.00. The number of halogens is 1. The number of hydrogen-bond acceptors (Lipinski definition) is 3. The zero-order valence-corrected chi connectivity index (χ0v) is 10.9. The Bertz CT molecular complexity index is 463. The van der Waals surface area contributed by atoms with E-state index in [4.69, 9.17) is 0 Å². The molecular weight excluding hydrogens is 231 g/mol. The van der Waals surface area contributed by atoms with Crippen LogP contribution in [-0.2, 0) is 5.60 Å². The fraction of sp³-hybridized carbons (Fsp3) is 0.643. The van der Waals surface area contributed by atoms with Gasteiger partial charge in [-0.2, -0.15) is 4.39 Å². The third kappa shape index (κ3) is 1.75. The van der Waals surface area contributed by atoms with Crippen molar-refractivity contribution in [3.8, 4) is 0 Å². The van der Waals surface area contributed by atoms with Crippen molar-refractivity contribution < 1.29 is 9.50 Å². The highest BCUT2D eigenvalue weighted by Gasteiger charge is 2.47. The molecule has 4 heteroatoms. The molecule has 3 nitrogen and oxygen atoms in total. The van der Waals surface area contributed by atoms with Crippen LogP contribution in [0.3, 0.4) is 0 Å². The molecule has 2 atom stereocenters. The lowest BCUT2D eigenvalue weighted by Gasteiger charge is -2.42. The van der Waals surface area contributed by atoms with Crippen LogP contribution < -0.4 is 0 Å². The summed E-state index contributed by atoms with van der Waals surface area (Å²) >= 11 is 0. The Kier molecular flexibility index (Phi) is 2.68. The van der Waals surface area contributed by atoms with Gasteiger partial charge in [-0.1, -0.05) is 0 Å². The molecule has 2 aliphatic heterocycles. The van der Waals surface area contributed by atoms with Gasteiger partial charge in [0, 0.05) is 23.3 Å². The lowest BCUT2D eigenvalue weighted by atomic mass is 9.80. The van der Waals surface area contributed by atoms with E-state index < -0.39 is 11.5 Å². The number of aromatic nitrogens is 1. The summed E-state index contributed by atoms with van der Waals surface area (Å²) in [4.78, 5) is 6.22. The van der Waals surface area contributed by atoms with Gasteiger partial charge >= 0.3 is 0 Å². The van der Waals surface area contributed by atoms with Gasteiger partial charge in [-0.05, 0) is 51.8 Å². The molecule has 18 heavy (non-hydrogen) atoms. The molecular formula is C14H19FN2O. The van der Waals surface area contributed by atoms with E-state index in [9.17, 15) is 9.50 Å². The highest BCUT2D eigenvalue weighted by Crippen LogP contribution is 2.45. The quantitative estimate of drug-likeness (QED) is 0.774. The molecule has 3 rings (SSSR count). The molecule has 3 heterocycles. The van der Waals surface area contributed by atoms with Crippen molar-refractivity contribution in [3.63, 3.8) is 0 Å². The number of pyridine rings is 1. The van der Waals surface area contributed by atoms with Crippen LogP contribution in [0.2, 0.25) is 0 Å². The van der Waals surface area contributed by atoms with Crippen molar-refractivity contribution in [2.24, 2.45) is 0 Å². The normalized spacial score (nSPS) is 36.0. The molecule has 0 spiro atoms. The van der Waals surface area contributed by atoms with Crippen LogP contribution in [0.15, 0.2) is 12.1 Å². The van der Waals surface area contributed by atoms with Crippen molar-refractivity contribution in [2.75, 3.05) is 7.05 Å². The van der Waals surface area contributed by atoms with Crippen LogP contribution in [-0.4, -0.2) is 34.1 Å². The maximum atomic E-state index is 13.1. The molecule has 2 fully saturated rings. The lowest BCUT2D eigenvalue weighted by Crippen LogP contribution is -2.48. The molecule has 0 aliphatic carbocycles. The average molecular weight is 250 g/mol. The van der Waals surface area contributed by atoms with Crippen molar-refractivity contribution in [1.82, 2.24) is 9.88 Å². The van der Waals surface area contributed by atoms with Gasteiger partial charge in [0.25, 0.3) is 0 Å². The molecule has 2 aliphatic rings. The third-order valence-electron chi connectivity index (χ3n) is 4.68. The standard InChI is InChI=1S/C14H19FN2O/c1-9-12(5-6-13(15)16-9)14(18)7-10-3-4-11(8-14)17(10)2/h5-6,10-11,18H,3-4,7-8H2,1-2H3. The fourth-order valence-electron chi connectivity index (χ4n) is 3.69. The molecule has 2 bridgehead atoms. The minimum Gasteiger partial charge on any atom is -0.385 e. The Hall–Kier alpha value is -1.00. The predicted octanol–water partition coefficient (Wildman–Crippen LogP) is 1.97. The summed E-state index contributed by atoms with van der Waals surface area (Å²) in [5, 5.41) is 10.9. The Labute approximate surface area is 107 Å². The van der Waals surface area contributed by atoms with E-state index in [1.54, 1.807) is 13.0 Å². The van der Waals surface area contributed by atoms with Crippen LogP contribution in [0.5, 0.6) is 0 Å². The number of hydrogen-bond donors (Lipinski definition) is 1. The Morgan fingerprint density at radius 1 is 1.33 bits per heavy atom. The van der Waals surface area contributed by atoms with Crippen LogP contribution in [0.4, 0.5) is 4.39 Å². The Balaban J connectivity index is 1.96. The van der Waals surface area contributed by atoms with Crippen LogP contribution in [0.1, 0.15) is 36.9 Å². The van der Waals surface area contributed by atoms with Gasteiger partial charge in [-0.25, -0.2) is 4.98 Å². The topological polar surface area (TPSA) is 36.4 Å². The van der Waals surface area contributed by atoms with Crippen LogP contribution >= 0.6 is 0 Å². The van der Waals surface area contributed by atoms with E-state index >= 15 is 0 Å². The molecule has 1 aromatic heterocycles. The van der Waals surface area contributed by atoms with Crippen LogP contribution in [0, 0.1) is 12.9 Å². The third-order valence-corrected chi connectivity index (χ3v) is 4.68. The van der Waals surface area contributed by atoms with E-state index in [2.05, 4.69) is 16.9 Å². The first-order valence-electron chi connectivity index (χ1n) is 6.57. The van der Waals surface area contributed by atoms with E-state index in [1.165, 1.54) is 6.07 Å². The number of piperidine rings is 1. The van der Waals surface area contributed by atoms with Gasteiger partial charge in [0.1, 0.15) is 0 Å². The lowest BCUT2D eigenvalue weighted by molar-refractivity contribution is -0.0500. The van der Waals surface area contributed by atoms with E-state index in [0.717, 1.165) is 31.2 Å². The summed E-state index contributed by atoms with van der Waals surface area (Å²) in [5.41, 5.74) is 0.582. The fourth-order valence-corrected chi connectivity index (χ4v) is 3.69. The number of rotatable bonds is 1. The highest BCUT2D eigenvalue weighted by atomic mass is 19.1. The minimum atomic E-state index is -0.830. The van der Waals surface area contributed by atoms with Crippen molar-refractivity contribution >= 4 is 0 Å². The molecule has 1 N–H and O–H groups in total. The van der Waals surface area contributed by atoms with E-state index in [0.29, 0.717) is 17.8 Å². The summed E-state index contributed by atoms with van der Waals surface area (Å²) in [6.07, 6.45) is 3.76. The van der Waals surface area contributed by atoms with Crippen molar-refractivity contribution in [3.05, 3.63) is 29.3 Å². The molecule has 98 valence electrons. The summed E-state index contributed by atoms with van der Waals surface area (Å²) in [5.74, 6) is -0.476. The van der Waals surface area contributed by atoms with E-state index in [1.807, 2.05) is 0 Å². The number of fused-ring (bicyclic) bond motifs is 2. The SMILES string of the molecule is Cc1nc(F)ccc1C1(O)CC2CCC(C1)N2C. The average Bonchev–Trinajstić information content (AvgIpc) is 2.53. The summed E-state index contributed by atoms with van der Waals surface area (Å²) in [6, 6.07) is 3.93. The molecule has 0 amide bonds. The van der Waals surface area contributed by atoms with Gasteiger partial charge < -0.3 is 10.0 Å². The Morgan fingerprint density at radius 3 is 2.50 bits per heavy atom. The molecule has 2 unspecified atom stereocenters. The van der Waals surface area contributed by atoms with Crippen LogP contribution in [0.25, 0.3) is 0 Å². The monoisotopic (exact) mass is 250 g/mol. The molecule has 0 radical (unpaired) electrons. The van der Waals surface area contributed by atoms with Gasteiger partial charge in [0.2, 0.25) is 5.95 Å². The van der Waals surface area contributed by atoms with Gasteiger partial charge in [-0.3, -0.25) is 0 Å². The maximum Gasteiger partial charge on any atom is 0.213 e. The largest absolute Gasteiger partial charge is 0.385 e. The first-order chi connectivity index (χ1) is 8.49. The first-order valence-corrected chi connectivity index (χ1v) is 6.57. The summed E-state index contributed by atoms with van der Waals surface area (Å²) in [6.45, 7) is 1.77. The smallest absolute Gasteiger partial charge is 0.213 e. The second-order valence-corrected chi connectivity index (χ2v) is 5.76. The zero-order chi connectivity index (χ0) is 12.9.